The average Bonchev–Trinajstić information content (AvgIpc) is 3.19. The van der Waals surface area contributed by atoms with Crippen LogP contribution in [0, 0.1) is 0 Å². The number of rotatable bonds is 5. The molecule has 1 aliphatic rings. The van der Waals surface area contributed by atoms with Crippen molar-refractivity contribution in [1.82, 2.24) is 4.98 Å². The molecule has 2 heterocycles. The summed E-state index contributed by atoms with van der Waals surface area (Å²) in [7, 11) is 1.72. The topological polar surface area (TPSA) is 147 Å². The number of carbonyl (C=O) groups is 2. The monoisotopic (exact) mass is 432 g/mol. The molecule has 2 atom stereocenters. The van der Waals surface area contributed by atoms with Gasteiger partial charge in [-0.1, -0.05) is 22.9 Å². The Morgan fingerprint density at radius 2 is 2.10 bits per heavy atom. The Bertz CT molecular complexity index is 1150. The molecule has 2 unspecified atom stereocenters. The quantitative estimate of drug-likeness (QED) is 0.411. The Morgan fingerprint density at radius 1 is 1.34 bits per heavy atom. The lowest BCUT2D eigenvalue weighted by Gasteiger charge is -2.41. The second-order valence-electron chi connectivity index (χ2n) is 6.62. The third-order valence-corrected chi connectivity index (χ3v) is 6.03. The number of nitrogens with two attached hydrogens (primary N) is 2. The van der Waals surface area contributed by atoms with Gasteiger partial charge in [0.2, 0.25) is 11.7 Å². The number of benzene rings is 2. The third kappa shape index (κ3) is 3.11. The molecular weight excluding hydrogens is 416 g/mol. The number of amides is 1. The zero-order valence-corrected chi connectivity index (χ0v) is 16.7. The van der Waals surface area contributed by atoms with E-state index in [1.165, 1.54) is 23.5 Å². The van der Waals surface area contributed by atoms with Crippen LogP contribution in [0.2, 0.25) is 5.02 Å². The summed E-state index contributed by atoms with van der Waals surface area (Å²) in [5.74, 6) is -3.15. The predicted molar refractivity (Wildman–Crippen MR) is 114 cm³/mol. The molecule has 1 amide bonds. The van der Waals surface area contributed by atoms with Crippen molar-refractivity contribution >= 4 is 61.5 Å². The van der Waals surface area contributed by atoms with Gasteiger partial charge in [0.05, 0.1) is 27.2 Å². The highest BCUT2D eigenvalue weighted by Crippen LogP contribution is 2.42. The number of hydrogen-bond acceptors (Lipinski definition) is 8. The maximum absolute atomic E-state index is 12.0. The van der Waals surface area contributed by atoms with Gasteiger partial charge in [-0.25, -0.2) is 9.78 Å². The fourth-order valence-corrected chi connectivity index (χ4v) is 4.54. The second kappa shape index (κ2) is 6.76. The first kappa shape index (κ1) is 19.2. The zero-order chi connectivity index (χ0) is 20.9. The summed E-state index contributed by atoms with van der Waals surface area (Å²) in [6, 6.07) is 8.72. The van der Waals surface area contributed by atoms with Crippen molar-refractivity contribution in [2.24, 2.45) is 11.5 Å². The molecule has 2 aromatic carbocycles. The minimum atomic E-state index is -1.34. The van der Waals surface area contributed by atoms with Crippen molar-refractivity contribution in [2.75, 3.05) is 22.6 Å². The number of nitrogens with zero attached hydrogens (tertiary/aromatic N) is 2. The van der Waals surface area contributed by atoms with Crippen molar-refractivity contribution < 1.29 is 14.7 Å². The van der Waals surface area contributed by atoms with Crippen molar-refractivity contribution in [3.05, 3.63) is 47.0 Å². The number of anilines is 3. The number of nitrogens with one attached hydrogen (secondary N) is 2. The number of aromatic carboxylic acids is 1. The van der Waals surface area contributed by atoms with Gasteiger partial charge in [0.1, 0.15) is 6.04 Å². The van der Waals surface area contributed by atoms with E-state index in [0.717, 1.165) is 10.2 Å². The summed E-state index contributed by atoms with van der Waals surface area (Å²) in [6.07, 6.45) is 0. The fourth-order valence-electron chi connectivity index (χ4n) is 3.34. The van der Waals surface area contributed by atoms with Crippen LogP contribution in [-0.4, -0.2) is 40.8 Å². The lowest BCUT2D eigenvalue weighted by molar-refractivity contribution is -0.120. The summed E-state index contributed by atoms with van der Waals surface area (Å²) < 4.78 is 0.856. The van der Waals surface area contributed by atoms with E-state index in [9.17, 15) is 14.7 Å². The molecule has 7 N–H and O–H groups in total. The van der Waals surface area contributed by atoms with Gasteiger partial charge in [0, 0.05) is 12.1 Å². The molecule has 11 heteroatoms. The number of halogens is 1. The van der Waals surface area contributed by atoms with Crippen molar-refractivity contribution in [3.63, 3.8) is 0 Å². The molecule has 0 saturated carbocycles. The zero-order valence-electron chi connectivity index (χ0n) is 15.1. The first-order valence-corrected chi connectivity index (χ1v) is 9.69. The van der Waals surface area contributed by atoms with Crippen LogP contribution in [0.15, 0.2) is 36.4 Å². The van der Waals surface area contributed by atoms with Gasteiger partial charge >= 0.3 is 5.97 Å². The Kier molecular flexibility index (Phi) is 4.49. The van der Waals surface area contributed by atoms with E-state index < -0.39 is 23.7 Å². The smallest absolute Gasteiger partial charge is 0.335 e. The molecule has 0 saturated heterocycles. The van der Waals surface area contributed by atoms with Crippen molar-refractivity contribution in [2.45, 2.75) is 11.8 Å². The standard InChI is InChI=1S/C18H17ClN6O3S/c1-25-12-5-2-8(16(27)28)6-11(12)23-18(25,14(20)15(21)26)24-17-22-10-4-3-9(19)7-13(10)29-17/h2-7,14,23H,20H2,1H3,(H2,21,26)(H,22,24)(H,27,28). The summed E-state index contributed by atoms with van der Waals surface area (Å²) in [6.45, 7) is 0. The fraction of sp³-hybridized carbons (Fsp3) is 0.167. The molecule has 0 fully saturated rings. The number of fused-ring (bicyclic) bond motifs is 2. The van der Waals surface area contributed by atoms with E-state index >= 15 is 0 Å². The Hall–Kier alpha value is -3.08. The molecule has 0 spiro atoms. The third-order valence-electron chi connectivity index (χ3n) is 4.86. The van der Waals surface area contributed by atoms with E-state index in [2.05, 4.69) is 15.6 Å². The van der Waals surface area contributed by atoms with E-state index in [1.54, 1.807) is 36.2 Å². The maximum Gasteiger partial charge on any atom is 0.335 e. The average molecular weight is 433 g/mol. The molecule has 9 nitrogen and oxygen atoms in total. The number of carboxylic acids is 1. The van der Waals surface area contributed by atoms with Gasteiger partial charge in [0.25, 0.3) is 0 Å². The number of primary amides is 1. The van der Waals surface area contributed by atoms with Crippen molar-refractivity contribution in [1.29, 1.82) is 0 Å². The van der Waals surface area contributed by atoms with E-state index in [-0.39, 0.29) is 5.56 Å². The second-order valence-corrected chi connectivity index (χ2v) is 8.09. The summed E-state index contributed by atoms with van der Waals surface area (Å²) >= 11 is 7.39. The van der Waals surface area contributed by atoms with Gasteiger partial charge in [-0.3, -0.25) is 4.79 Å². The summed E-state index contributed by atoms with van der Waals surface area (Å²) in [5, 5.41) is 16.7. The molecule has 1 aromatic heterocycles. The van der Waals surface area contributed by atoms with Crippen LogP contribution in [-0.2, 0) is 4.79 Å². The molecule has 0 radical (unpaired) electrons. The number of likely N-dealkylation sites (N-methyl/N-ethyl adjacent to an activating group) is 1. The van der Waals surface area contributed by atoms with Crippen LogP contribution in [0.3, 0.4) is 0 Å². The van der Waals surface area contributed by atoms with E-state index in [4.69, 9.17) is 23.1 Å². The number of carbonyl (C=O) groups excluding carboxylic acids is 1. The van der Waals surface area contributed by atoms with Crippen LogP contribution in [0.5, 0.6) is 0 Å². The molecule has 0 bridgehead atoms. The molecular formula is C18H17ClN6O3S. The summed E-state index contributed by atoms with van der Waals surface area (Å²) in [5.41, 5.74) is 13.7. The molecule has 3 aromatic rings. The molecule has 29 heavy (non-hydrogen) atoms. The van der Waals surface area contributed by atoms with Crippen LogP contribution in [0.4, 0.5) is 16.5 Å². The predicted octanol–water partition coefficient (Wildman–Crippen LogP) is 2.09. The summed E-state index contributed by atoms with van der Waals surface area (Å²) in [4.78, 5) is 29.6. The minimum absolute atomic E-state index is 0.0997. The molecule has 150 valence electrons. The molecule has 0 aliphatic carbocycles. The highest BCUT2D eigenvalue weighted by molar-refractivity contribution is 7.22. The normalized spacial score (nSPS) is 18.9. The van der Waals surface area contributed by atoms with Gasteiger partial charge in [-0.15, -0.1) is 0 Å². The first-order valence-electron chi connectivity index (χ1n) is 8.50. The van der Waals surface area contributed by atoms with E-state index in [0.29, 0.717) is 21.5 Å². The number of hydrogen-bond donors (Lipinski definition) is 5. The van der Waals surface area contributed by atoms with Gasteiger partial charge in [-0.2, -0.15) is 0 Å². The van der Waals surface area contributed by atoms with Gasteiger partial charge in [-0.05, 0) is 36.4 Å². The first-order chi connectivity index (χ1) is 13.7. The minimum Gasteiger partial charge on any atom is -0.478 e. The SMILES string of the molecule is CN1c2ccc(C(=O)O)cc2NC1(Nc1nc2ccc(Cl)cc2s1)C(N)C(N)=O. The number of aromatic nitrogens is 1. The van der Waals surface area contributed by atoms with Gasteiger partial charge in [0.15, 0.2) is 5.13 Å². The van der Waals surface area contributed by atoms with Crippen LogP contribution in [0.1, 0.15) is 10.4 Å². The van der Waals surface area contributed by atoms with Crippen LogP contribution >= 0.6 is 22.9 Å². The Balaban J connectivity index is 1.78. The lowest BCUT2D eigenvalue weighted by Crippen LogP contribution is -2.70. The van der Waals surface area contributed by atoms with Crippen LogP contribution in [0.25, 0.3) is 10.2 Å². The molecule has 1 aliphatic heterocycles. The highest BCUT2D eigenvalue weighted by Gasteiger charge is 2.50. The highest BCUT2D eigenvalue weighted by atomic mass is 35.5. The van der Waals surface area contributed by atoms with Gasteiger partial charge < -0.3 is 32.1 Å². The van der Waals surface area contributed by atoms with Crippen LogP contribution < -0.4 is 27.0 Å². The number of thiazole rings is 1. The Morgan fingerprint density at radius 3 is 2.79 bits per heavy atom. The number of carboxylic acid groups (broad SMARTS) is 1. The van der Waals surface area contributed by atoms with E-state index in [1.807, 2.05) is 0 Å². The molecule has 4 rings (SSSR count). The Labute approximate surface area is 174 Å². The lowest BCUT2D eigenvalue weighted by atomic mass is 10.1. The van der Waals surface area contributed by atoms with Crippen molar-refractivity contribution in [3.8, 4) is 0 Å². The maximum atomic E-state index is 12.0. The largest absolute Gasteiger partial charge is 0.478 e.